The quantitative estimate of drug-likeness (QED) is 0.902. The largest absolute Gasteiger partial charge is 0.369 e. The summed E-state index contributed by atoms with van der Waals surface area (Å²) >= 11 is 0. The van der Waals surface area contributed by atoms with Gasteiger partial charge in [0.1, 0.15) is 5.60 Å². The lowest BCUT2D eigenvalue weighted by Gasteiger charge is -2.39. The van der Waals surface area contributed by atoms with Gasteiger partial charge in [0.2, 0.25) is 0 Å². The van der Waals surface area contributed by atoms with Crippen LogP contribution in [0.3, 0.4) is 0 Å². The third-order valence-electron chi connectivity index (χ3n) is 5.33. The number of pyridine rings is 1. The molecule has 3 rings (SSSR count). The van der Waals surface area contributed by atoms with E-state index in [1.165, 1.54) is 12.1 Å². The molecule has 1 amide bonds. The molecule has 1 N–H and O–H groups in total. The van der Waals surface area contributed by atoms with E-state index in [1.807, 2.05) is 18.7 Å². The van der Waals surface area contributed by atoms with Gasteiger partial charge < -0.3 is 19.9 Å². The zero-order chi connectivity index (χ0) is 18.0. The number of carbonyl (C=O) groups is 1. The molecule has 6 nitrogen and oxygen atoms in total. The van der Waals surface area contributed by atoms with E-state index in [1.54, 1.807) is 7.11 Å². The maximum Gasteiger partial charge on any atom is 0.254 e. The first-order chi connectivity index (χ1) is 11.9. The number of rotatable bonds is 4. The molecule has 3 heterocycles. The first-order valence-electron chi connectivity index (χ1n) is 9.22. The number of piperazine rings is 1. The van der Waals surface area contributed by atoms with E-state index in [0.717, 1.165) is 50.5 Å². The number of amides is 1. The molecule has 0 bridgehead atoms. The summed E-state index contributed by atoms with van der Waals surface area (Å²) in [5.74, 6) is 0.0661. The minimum absolute atomic E-state index is 0.0661. The van der Waals surface area contributed by atoms with Crippen molar-refractivity contribution in [3.05, 3.63) is 23.5 Å². The minimum atomic E-state index is -0.753. The maximum absolute atomic E-state index is 12.5. The third-order valence-corrected chi connectivity index (χ3v) is 5.33. The van der Waals surface area contributed by atoms with Gasteiger partial charge >= 0.3 is 0 Å². The molecule has 1 atom stereocenters. The number of anilines is 1. The molecule has 25 heavy (non-hydrogen) atoms. The van der Waals surface area contributed by atoms with Crippen molar-refractivity contribution in [2.24, 2.45) is 0 Å². The summed E-state index contributed by atoms with van der Waals surface area (Å²) in [6, 6.07) is 4.74. The number of hydrogen-bond acceptors (Lipinski definition) is 5. The Morgan fingerprint density at radius 1 is 1.28 bits per heavy atom. The molecular weight excluding hydrogens is 316 g/mol. The second-order valence-corrected chi connectivity index (χ2v) is 7.53. The van der Waals surface area contributed by atoms with Gasteiger partial charge in [0.15, 0.2) is 0 Å². The first kappa shape index (κ1) is 18.1. The number of aromatic nitrogens is 1. The molecule has 0 radical (unpaired) electrons. The molecule has 0 unspecified atom stereocenters. The number of carbonyl (C=O) groups excluding carboxylic acids is 1. The number of methoxy groups -OCH3 is 1. The molecule has 2 fully saturated rings. The number of ether oxygens (including phenoxy) is 1. The van der Waals surface area contributed by atoms with Gasteiger partial charge in [-0.25, -0.2) is 0 Å². The Labute approximate surface area is 150 Å². The summed E-state index contributed by atoms with van der Waals surface area (Å²) in [7, 11) is 1.59. The highest BCUT2D eigenvalue weighted by atomic mass is 16.5. The fourth-order valence-corrected chi connectivity index (χ4v) is 3.61. The average molecular weight is 346 g/mol. The van der Waals surface area contributed by atoms with Crippen LogP contribution in [-0.2, 0) is 9.53 Å². The van der Waals surface area contributed by atoms with E-state index in [4.69, 9.17) is 9.72 Å². The normalized spacial score (nSPS) is 21.7. The van der Waals surface area contributed by atoms with E-state index in [2.05, 4.69) is 29.3 Å². The van der Waals surface area contributed by atoms with Crippen molar-refractivity contribution in [2.75, 3.05) is 44.7 Å². The standard InChI is InChI=1S/C19H30N4O2/c1-14-12-15(13-17(21-14)16-6-5-7-20-16)22-8-10-23(11-9-22)18(24)19(2,3)25-4/h12-13,16,20H,5-11H2,1-4H3/t16-/m0/s1. The van der Waals surface area contributed by atoms with Gasteiger partial charge in [0, 0.05) is 50.7 Å². The fraction of sp³-hybridized carbons (Fsp3) is 0.684. The van der Waals surface area contributed by atoms with Crippen molar-refractivity contribution in [1.82, 2.24) is 15.2 Å². The summed E-state index contributed by atoms with van der Waals surface area (Å²) in [5, 5.41) is 3.53. The molecule has 0 aromatic carbocycles. The minimum Gasteiger partial charge on any atom is -0.369 e. The monoisotopic (exact) mass is 346 g/mol. The lowest BCUT2D eigenvalue weighted by atomic mass is 10.1. The van der Waals surface area contributed by atoms with Crippen LogP contribution >= 0.6 is 0 Å². The van der Waals surface area contributed by atoms with E-state index in [0.29, 0.717) is 6.04 Å². The molecule has 1 aromatic heterocycles. The fourth-order valence-electron chi connectivity index (χ4n) is 3.61. The van der Waals surface area contributed by atoms with Crippen LogP contribution < -0.4 is 10.2 Å². The molecule has 6 heteroatoms. The topological polar surface area (TPSA) is 57.7 Å². The van der Waals surface area contributed by atoms with Crippen LogP contribution in [0, 0.1) is 6.92 Å². The van der Waals surface area contributed by atoms with Crippen LogP contribution in [0.2, 0.25) is 0 Å². The number of nitrogens with zero attached hydrogens (tertiary/aromatic N) is 3. The van der Waals surface area contributed by atoms with Crippen molar-refractivity contribution in [3.63, 3.8) is 0 Å². The predicted molar refractivity (Wildman–Crippen MR) is 98.8 cm³/mol. The van der Waals surface area contributed by atoms with Crippen molar-refractivity contribution in [1.29, 1.82) is 0 Å². The van der Waals surface area contributed by atoms with Crippen LogP contribution in [0.1, 0.15) is 44.1 Å². The Kier molecular flexibility index (Phi) is 5.29. The number of aryl methyl sites for hydroxylation is 1. The van der Waals surface area contributed by atoms with Crippen LogP contribution in [-0.4, -0.2) is 61.2 Å². The molecule has 138 valence electrons. The molecular formula is C19H30N4O2. The summed E-state index contributed by atoms with van der Waals surface area (Å²) in [4.78, 5) is 21.5. The van der Waals surface area contributed by atoms with Gasteiger partial charge in [-0.05, 0) is 52.3 Å². The zero-order valence-electron chi connectivity index (χ0n) is 15.8. The Morgan fingerprint density at radius 3 is 2.60 bits per heavy atom. The van der Waals surface area contributed by atoms with Crippen molar-refractivity contribution >= 4 is 11.6 Å². The van der Waals surface area contributed by atoms with Crippen molar-refractivity contribution < 1.29 is 9.53 Å². The summed E-state index contributed by atoms with van der Waals surface area (Å²) in [6.07, 6.45) is 2.37. The Bertz CT molecular complexity index is 618. The highest BCUT2D eigenvalue weighted by molar-refractivity contribution is 5.84. The SMILES string of the molecule is COC(C)(C)C(=O)N1CCN(c2cc(C)nc([C@@H]3CCCN3)c2)CC1. The second kappa shape index (κ2) is 7.30. The van der Waals surface area contributed by atoms with Crippen LogP contribution in [0.4, 0.5) is 5.69 Å². The smallest absolute Gasteiger partial charge is 0.254 e. The second-order valence-electron chi connectivity index (χ2n) is 7.53. The highest BCUT2D eigenvalue weighted by Gasteiger charge is 2.33. The first-order valence-corrected chi connectivity index (χ1v) is 9.22. The van der Waals surface area contributed by atoms with E-state index in [9.17, 15) is 4.79 Å². The summed E-state index contributed by atoms with van der Waals surface area (Å²) in [6.45, 7) is 9.92. The molecule has 2 aliphatic rings. The molecule has 0 aliphatic carbocycles. The van der Waals surface area contributed by atoms with Crippen LogP contribution in [0.15, 0.2) is 12.1 Å². The van der Waals surface area contributed by atoms with Gasteiger partial charge in [-0.2, -0.15) is 0 Å². The molecule has 2 aliphatic heterocycles. The Morgan fingerprint density at radius 2 is 2.00 bits per heavy atom. The van der Waals surface area contributed by atoms with Gasteiger partial charge in [0.05, 0.1) is 5.69 Å². The van der Waals surface area contributed by atoms with Crippen LogP contribution in [0.25, 0.3) is 0 Å². The molecule has 1 aromatic rings. The maximum atomic E-state index is 12.5. The van der Waals surface area contributed by atoms with Gasteiger partial charge in [-0.15, -0.1) is 0 Å². The third kappa shape index (κ3) is 3.96. The van der Waals surface area contributed by atoms with E-state index in [-0.39, 0.29) is 5.91 Å². The number of hydrogen-bond donors (Lipinski definition) is 1. The molecule has 0 spiro atoms. The number of nitrogens with one attached hydrogen (secondary N) is 1. The molecule has 0 saturated carbocycles. The lowest BCUT2D eigenvalue weighted by Crippen LogP contribution is -2.54. The van der Waals surface area contributed by atoms with E-state index >= 15 is 0 Å². The van der Waals surface area contributed by atoms with E-state index < -0.39 is 5.60 Å². The molecule has 2 saturated heterocycles. The van der Waals surface area contributed by atoms with Crippen LogP contribution in [0.5, 0.6) is 0 Å². The predicted octanol–water partition coefficient (Wildman–Crippen LogP) is 1.89. The lowest BCUT2D eigenvalue weighted by molar-refractivity contribution is -0.151. The average Bonchev–Trinajstić information content (AvgIpc) is 3.15. The summed E-state index contributed by atoms with van der Waals surface area (Å²) in [5.41, 5.74) is 2.66. The highest BCUT2D eigenvalue weighted by Crippen LogP contribution is 2.27. The Balaban J connectivity index is 1.68. The van der Waals surface area contributed by atoms with Gasteiger partial charge in [-0.1, -0.05) is 0 Å². The van der Waals surface area contributed by atoms with Gasteiger partial charge in [-0.3, -0.25) is 9.78 Å². The Hall–Kier alpha value is -1.66. The summed E-state index contributed by atoms with van der Waals surface area (Å²) < 4.78 is 5.33. The van der Waals surface area contributed by atoms with Crippen molar-refractivity contribution in [3.8, 4) is 0 Å². The van der Waals surface area contributed by atoms with Crippen molar-refractivity contribution in [2.45, 2.75) is 45.3 Å². The van der Waals surface area contributed by atoms with Gasteiger partial charge in [0.25, 0.3) is 5.91 Å². The zero-order valence-corrected chi connectivity index (χ0v) is 15.8.